The number of nitrogens with zero attached hydrogens (tertiary/aromatic N) is 2. The number of aromatic nitrogens is 2. The highest BCUT2D eigenvalue weighted by molar-refractivity contribution is 6.31. The van der Waals surface area contributed by atoms with E-state index in [4.69, 9.17) is 16.3 Å². The van der Waals surface area contributed by atoms with Crippen molar-refractivity contribution in [3.63, 3.8) is 0 Å². The molecule has 0 saturated carbocycles. The summed E-state index contributed by atoms with van der Waals surface area (Å²) in [5.41, 5.74) is 2.58. The van der Waals surface area contributed by atoms with E-state index in [1.165, 1.54) is 0 Å². The molecule has 0 spiro atoms. The van der Waals surface area contributed by atoms with Gasteiger partial charge in [0.2, 0.25) is 0 Å². The van der Waals surface area contributed by atoms with Crippen molar-refractivity contribution in [2.24, 2.45) is 0 Å². The lowest BCUT2D eigenvalue weighted by molar-refractivity contribution is 0.255. The van der Waals surface area contributed by atoms with Crippen LogP contribution in [-0.4, -0.2) is 14.9 Å². The van der Waals surface area contributed by atoms with Gasteiger partial charge < -0.3 is 9.84 Å². The van der Waals surface area contributed by atoms with Crippen molar-refractivity contribution >= 4 is 11.6 Å². The highest BCUT2D eigenvalue weighted by Crippen LogP contribution is 2.27. The molecule has 102 valence electrons. The molecular formula is C14H17ClN2O2. The van der Waals surface area contributed by atoms with Gasteiger partial charge in [0.1, 0.15) is 12.4 Å². The van der Waals surface area contributed by atoms with Crippen molar-refractivity contribution in [3.05, 3.63) is 46.2 Å². The molecule has 2 aromatic rings. The number of hydrogen-bond acceptors (Lipinski definition) is 3. The van der Waals surface area contributed by atoms with Gasteiger partial charge in [-0.3, -0.25) is 4.68 Å². The third kappa shape index (κ3) is 3.08. The Balaban J connectivity index is 2.16. The second-order valence-corrected chi connectivity index (χ2v) is 4.66. The van der Waals surface area contributed by atoms with Crippen LogP contribution in [0.25, 0.3) is 0 Å². The molecule has 0 aliphatic rings. The lowest BCUT2D eigenvalue weighted by atomic mass is 10.2. The number of ether oxygens (including phenoxy) is 1. The number of rotatable bonds is 5. The first-order valence-corrected chi connectivity index (χ1v) is 6.57. The molecule has 0 amide bonds. The molecule has 0 radical (unpaired) electrons. The van der Waals surface area contributed by atoms with E-state index in [0.717, 1.165) is 17.9 Å². The summed E-state index contributed by atoms with van der Waals surface area (Å²) >= 11 is 6.02. The minimum Gasteiger partial charge on any atom is -0.487 e. The Bertz CT molecular complexity index is 567. The van der Waals surface area contributed by atoms with Crippen molar-refractivity contribution in [3.8, 4) is 5.75 Å². The fraction of sp³-hybridized carbons (Fsp3) is 0.357. The zero-order chi connectivity index (χ0) is 13.8. The lowest BCUT2D eigenvalue weighted by Crippen LogP contribution is -2.07. The molecule has 0 fully saturated rings. The Kier molecular flexibility index (Phi) is 4.45. The van der Waals surface area contributed by atoms with Gasteiger partial charge in [-0.15, -0.1) is 0 Å². The van der Waals surface area contributed by atoms with Crippen LogP contribution in [0.5, 0.6) is 5.75 Å². The van der Waals surface area contributed by atoms with E-state index < -0.39 is 0 Å². The quantitative estimate of drug-likeness (QED) is 0.916. The summed E-state index contributed by atoms with van der Waals surface area (Å²) in [4.78, 5) is 0. The second-order valence-electron chi connectivity index (χ2n) is 4.26. The number of benzene rings is 1. The average molecular weight is 281 g/mol. The highest BCUT2D eigenvalue weighted by atomic mass is 35.5. The maximum absolute atomic E-state index is 9.32. The molecule has 0 unspecified atom stereocenters. The molecule has 5 heteroatoms. The summed E-state index contributed by atoms with van der Waals surface area (Å²) in [7, 11) is 0. The molecule has 1 heterocycles. The van der Waals surface area contributed by atoms with E-state index in [0.29, 0.717) is 22.9 Å². The largest absolute Gasteiger partial charge is 0.487 e. The first kappa shape index (κ1) is 13.9. The van der Waals surface area contributed by atoms with Crippen molar-refractivity contribution < 1.29 is 9.84 Å². The topological polar surface area (TPSA) is 47.3 Å². The molecule has 0 aliphatic heterocycles. The highest BCUT2D eigenvalue weighted by Gasteiger charge is 2.09. The molecule has 2 rings (SSSR count). The molecule has 0 bridgehead atoms. The van der Waals surface area contributed by atoms with Gasteiger partial charge in [-0.1, -0.05) is 17.7 Å². The Morgan fingerprint density at radius 3 is 2.89 bits per heavy atom. The van der Waals surface area contributed by atoms with Crippen LogP contribution in [-0.2, 0) is 19.8 Å². The van der Waals surface area contributed by atoms with Crippen LogP contribution in [0.4, 0.5) is 0 Å². The van der Waals surface area contributed by atoms with Crippen LogP contribution in [0.3, 0.4) is 0 Å². The molecule has 1 N–H and O–H groups in total. The summed E-state index contributed by atoms with van der Waals surface area (Å²) in [5.74, 6) is 0.608. The van der Waals surface area contributed by atoms with Gasteiger partial charge in [-0.25, -0.2) is 0 Å². The monoisotopic (exact) mass is 280 g/mol. The summed E-state index contributed by atoms with van der Waals surface area (Å²) in [6, 6.07) is 7.34. The zero-order valence-corrected chi connectivity index (χ0v) is 11.8. The first-order valence-electron chi connectivity index (χ1n) is 6.20. The number of aryl methyl sites for hydroxylation is 2. The predicted molar refractivity (Wildman–Crippen MR) is 74.3 cm³/mol. The van der Waals surface area contributed by atoms with Crippen molar-refractivity contribution in [2.45, 2.75) is 33.6 Å². The van der Waals surface area contributed by atoms with Gasteiger partial charge >= 0.3 is 0 Å². The minimum atomic E-state index is -0.138. The first-order chi connectivity index (χ1) is 9.15. The van der Waals surface area contributed by atoms with Crippen molar-refractivity contribution in [1.29, 1.82) is 0 Å². The third-order valence-electron chi connectivity index (χ3n) is 2.89. The van der Waals surface area contributed by atoms with Crippen molar-refractivity contribution in [1.82, 2.24) is 9.78 Å². The van der Waals surface area contributed by atoms with Gasteiger partial charge in [-0.05, 0) is 32.0 Å². The molecule has 19 heavy (non-hydrogen) atoms. The van der Waals surface area contributed by atoms with Crippen LogP contribution < -0.4 is 4.74 Å². The minimum absolute atomic E-state index is 0.138. The Labute approximate surface area is 117 Å². The van der Waals surface area contributed by atoms with Crippen LogP contribution in [0.1, 0.15) is 23.9 Å². The van der Waals surface area contributed by atoms with Gasteiger partial charge in [0, 0.05) is 17.1 Å². The maximum atomic E-state index is 9.32. The normalized spacial score (nSPS) is 10.7. The Morgan fingerprint density at radius 2 is 2.21 bits per heavy atom. The van der Waals surface area contributed by atoms with Crippen LogP contribution in [0.2, 0.25) is 5.02 Å². The SMILES string of the molecule is CCn1nc(C)cc1COc1cccc(Cl)c1CO. The smallest absolute Gasteiger partial charge is 0.130 e. The average Bonchev–Trinajstić information content (AvgIpc) is 2.76. The zero-order valence-electron chi connectivity index (χ0n) is 11.1. The number of aliphatic hydroxyl groups is 1. The van der Waals surface area contributed by atoms with E-state index >= 15 is 0 Å². The summed E-state index contributed by atoms with van der Waals surface area (Å²) < 4.78 is 7.65. The Morgan fingerprint density at radius 1 is 1.42 bits per heavy atom. The third-order valence-corrected chi connectivity index (χ3v) is 3.25. The maximum Gasteiger partial charge on any atom is 0.130 e. The molecule has 0 atom stereocenters. The summed E-state index contributed by atoms with van der Waals surface area (Å²) in [6.45, 7) is 5.06. The van der Waals surface area contributed by atoms with E-state index in [-0.39, 0.29) is 6.61 Å². The molecule has 1 aromatic heterocycles. The van der Waals surface area contributed by atoms with E-state index in [1.807, 2.05) is 24.6 Å². The standard InChI is InChI=1S/C14H17ClN2O2/c1-3-17-11(7-10(2)16-17)9-19-14-6-4-5-13(15)12(14)8-18/h4-7,18H,3,8-9H2,1-2H3. The number of aliphatic hydroxyl groups excluding tert-OH is 1. The van der Waals surface area contributed by atoms with E-state index in [2.05, 4.69) is 5.10 Å². The summed E-state index contributed by atoms with van der Waals surface area (Å²) in [5, 5.41) is 14.2. The van der Waals surface area contributed by atoms with Crippen LogP contribution >= 0.6 is 11.6 Å². The lowest BCUT2D eigenvalue weighted by Gasteiger charge is -2.11. The van der Waals surface area contributed by atoms with Gasteiger partial charge in [0.15, 0.2) is 0 Å². The van der Waals surface area contributed by atoms with Gasteiger partial charge in [0.05, 0.1) is 18.0 Å². The van der Waals surface area contributed by atoms with Gasteiger partial charge in [-0.2, -0.15) is 5.10 Å². The molecular weight excluding hydrogens is 264 g/mol. The summed E-state index contributed by atoms with van der Waals surface area (Å²) in [6.07, 6.45) is 0. The predicted octanol–water partition coefficient (Wildman–Crippen LogP) is 2.94. The van der Waals surface area contributed by atoms with E-state index in [9.17, 15) is 5.11 Å². The van der Waals surface area contributed by atoms with Crippen LogP contribution in [0.15, 0.2) is 24.3 Å². The molecule has 0 saturated heterocycles. The van der Waals surface area contributed by atoms with Crippen LogP contribution in [0, 0.1) is 6.92 Å². The fourth-order valence-electron chi connectivity index (χ4n) is 1.97. The van der Waals surface area contributed by atoms with E-state index in [1.54, 1.807) is 18.2 Å². The van der Waals surface area contributed by atoms with Gasteiger partial charge in [0.25, 0.3) is 0 Å². The Hall–Kier alpha value is -1.52. The number of hydrogen-bond donors (Lipinski definition) is 1. The molecule has 4 nitrogen and oxygen atoms in total. The second kappa shape index (κ2) is 6.08. The fourth-order valence-corrected chi connectivity index (χ4v) is 2.19. The number of halogens is 1. The molecule has 0 aliphatic carbocycles. The van der Waals surface area contributed by atoms with Crippen molar-refractivity contribution in [2.75, 3.05) is 0 Å². The molecule has 1 aromatic carbocycles.